The highest BCUT2D eigenvalue weighted by Gasteiger charge is 2.03. The summed E-state index contributed by atoms with van der Waals surface area (Å²) in [6.45, 7) is 1.91. The fourth-order valence-corrected chi connectivity index (χ4v) is 1.04. The highest BCUT2D eigenvalue weighted by atomic mass is 16.3. The zero-order valence-corrected chi connectivity index (χ0v) is 7.69. The van der Waals surface area contributed by atoms with Gasteiger partial charge in [0, 0.05) is 11.8 Å². The molecule has 0 radical (unpaired) electrons. The van der Waals surface area contributed by atoms with Crippen molar-refractivity contribution >= 4 is 11.7 Å². The van der Waals surface area contributed by atoms with Crippen LogP contribution in [0.15, 0.2) is 34.1 Å². The van der Waals surface area contributed by atoms with E-state index < -0.39 is 0 Å². The molecule has 0 atom stereocenters. The van der Waals surface area contributed by atoms with E-state index in [9.17, 15) is 0 Å². The number of hydrogen-bond donors (Lipinski definition) is 2. The van der Waals surface area contributed by atoms with Crippen LogP contribution in [-0.4, -0.2) is 16.0 Å². The highest BCUT2D eigenvalue weighted by Crippen LogP contribution is 2.19. The SMILES string of the molecule is Cc1ccoc1N=C(N)c1cn[nH]c1. The molecule has 5 nitrogen and oxygen atoms in total. The number of nitrogens with zero attached hydrogens (tertiary/aromatic N) is 2. The van der Waals surface area contributed by atoms with Crippen LogP contribution in [0.2, 0.25) is 0 Å². The van der Waals surface area contributed by atoms with Gasteiger partial charge in [-0.1, -0.05) is 0 Å². The second-order valence-electron chi connectivity index (χ2n) is 2.89. The molecule has 14 heavy (non-hydrogen) atoms. The molecule has 0 bridgehead atoms. The van der Waals surface area contributed by atoms with Gasteiger partial charge in [0.25, 0.3) is 0 Å². The van der Waals surface area contributed by atoms with Gasteiger partial charge in [0.2, 0.25) is 5.88 Å². The predicted octanol–water partition coefficient (Wildman–Crippen LogP) is 1.35. The van der Waals surface area contributed by atoms with E-state index in [1.807, 2.05) is 13.0 Å². The zero-order valence-electron chi connectivity index (χ0n) is 7.69. The molecule has 0 aliphatic rings. The largest absolute Gasteiger partial charge is 0.446 e. The van der Waals surface area contributed by atoms with Crippen LogP contribution < -0.4 is 5.73 Å². The maximum Gasteiger partial charge on any atom is 0.223 e. The summed E-state index contributed by atoms with van der Waals surface area (Å²) in [4.78, 5) is 4.13. The van der Waals surface area contributed by atoms with Crippen molar-refractivity contribution in [2.45, 2.75) is 6.92 Å². The van der Waals surface area contributed by atoms with E-state index in [0.29, 0.717) is 11.7 Å². The van der Waals surface area contributed by atoms with Gasteiger partial charge in [0.1, 0.15) is 5.84 Å². The lowest BCUT2D eigenvalue weighted by Gasteiger charge is -1.94. The van der Waals surface area contributed by atoms with Gasteiger partial charge in [-0.25, -0.2) is 0 Å². The first-order valence-electron chi connectivity index (χ1n) is 4.15. The number of hydrogen-bond acceptors (Lipinski definition) is 3. The Bertz CT molecular complexity index is 441. The fourth-order valence-electron chi connectivity index (χ4n) is 1.04. The van der Waals surface area contributed by atoms with Gasteiger partial charge in [-0.15, -0.1) is 0 Å². The quantitative estimate of drug-likeness (QED) is 0.554. The molecular formula is C9H10N4O. The van der Waals surface area contributed by atoms with Crippen LogP contribution in [0.3, 0.4) is 0 Å². The molecule has 0 unspecified atom stereocenters. The summed E-state index contributed by atoms with van der Waals surface area (Å²) in [6, 6.07) is 1.83. The summed E-state index contributed by atoms with van der Waals surface area (Å²) < 4.78 is 5.13. The Kier molecular flexibility index (Phi) is 2.06. The molecule has 0 spiro atoms. The molecule has 0 amide bonds. The van der Waals surface area contributed by atoms with E-state index in [0.717, 1.165) is 11.1 Å². The van der Waals surface area contributed by atoms with Crippen molar-refractivity contribution in [3.05, 3.63) is 35.9 Å². The Morgan fingerprint density at radius 3 is 3.07 bits per heavy atom. The molecule has 2 aromatic rings. The van der Waals surface area contributed by atoms with Gasteiger partial charge in [0.15, 0.2) is 0 Å². The molecule has 0 aliphatic heterocycles. The number of aromatic nitrogens is 2. The Balaban J connectivity index is 2.32. The fraction of sp³-hybridized carbons (Fsp3) is 0.111. The van der Waals surface area contributed by atoms with E-state index in [4.69, 9.17) is 10.2 Å². The minimum Gasteiger partial charge on any atom is -0.446 e. The molecule has 0 saturated carbocycles. The van der Waals surface area contributed by atoms with E-state index >= 15 is 0 Å². The van der Waals surface area contributed by atoms with E-state index in [-0.39, 0.29) is 0 Å². The van der Waals surface area contributed by atoms with Crippen LogP contribution >= 0.6 is 0 Å². The average molecular weight is 190 g/mol. The van der Waals surface area contributed by atoms with Crippen molar-refractivity contribution in [3.8, 4) is 0 Å². The average Bonchev–Trinajstić information content (AvgIpc) is 2.77. The van der Waals surface area contributed by atoms with Crippen LogP contribution in [0.1, 0.15) is 11.1 Å². The summed E-state index contributed by atoms with van der Waals surface area (Å²) in [5.74, 6) is 0.917. The van der Waals surface area contributed by atoms with E-state index in [1.54, 1.807) is 18.7 Å². The molecule has 2 rings (SSSR count). The van der Waals surface area contributed by atoms with Crippen molar-refractivity contribution < 1.29 is 4.42 Å². The molecule has 2 heterocycles. The molecule has 0 saturated heterocycles. The van der Waals surface area contributed by atoms with Crippen LogP contribution in [-0.2, 0) is 0 Å². The molecule has 5 heteroatoms. The van der Waals surface area contributed by atoms with Crippen LogP contribution in [0.5, 0.6) is 0 Å². The molecule has 0 aromatic carbocycles. The summed E-state index contributed by atoms with van der Waals surface area (Å²) >= 11 is 0. The maximum absolute atomic E-state index is 5.73. The third-order valence-corrected chi connectivity index (χ3v) is 1.85. The minimum absolute atomic E-state index is 0.386. The molecule has 0 fully saturated rings. The first-order chi connectivity index (χ1) is 6.77. The Labute approximate surface area is 80.6 Å². The maximum atomic E-state index is 5.73. The van der Waals surface area contributed by atoms with Crippen LogP contribution in [0.25, 0.3) is 0 Å². The van der Waals surface area contributed by atoms with Gasteiger partial charge < -0.3 is 10.2 Å². The number of aryl methyl sites for hydroxylation is 1. The van der Waals surface area contributed by atoms with Crippen molar-refractivity contribution in [2.24, 2.45) is 10.7 Å². The highest BCUT2D eigenvalue weighted by molar-refractivity contribution is 5.98. The molecule has 72 valence electrons. The first kappa shape index (κ1) is 8.55. The van der Waals surface area contributed by atoms with Crippen molar-refractivity contribution in [1.82, 2.24) is 10.2 Å². The number of nitrogens with one attached hydrogen (secondary N) is 1. The van der Waals surface area contributed by atoms with Gasteiger partial charge in [-0.05, 0) is 13.0 Å². The Hall–Kier alpha value is -2.04. The minimum atomic E-state index is 0.386. The summed E-state index contributed by atoms with van der Waals surface area (Å²) in [5.41, 5.74) is 7.44. The van der Waals surface area contributed by atoms with Gasteiger partial charge in [0.05, 0.1) is 18.0 Å². The number of H-pyrrole nitrogens is 1. The lowest BCUT2D eigenvalue weighted by molar-refractivity contribution is 0.576. The molecule has 3 N–H and O–H groups in total. The number of aromatic amines is 1. The lowest BCUT2D eigenvalue weighted by Crippen LogP contribution is -2.11. The number of rotatable bonds is 2. The van der Waals surface area contributed by atoms with Crippen LogP contribution in [0.4, 0.5) is 5.88 Å². The van der Waals surface area contributed by atoms with Gasteiger partial charge >= 0.3 is 0 Å². The smallest absolute Gasteiger partial charge is 0.223 e. The van der Waals surface area contributed by atoms with Gasteiger partial charge in [-0.3, -0.25) is 5.10 Å². The number of furan rings is 1. The number of amidine groups is 1. The van der Waals surface area contributed by atoms with E-state index in [1.165, 1.54) is 0 Å². The van der Waals surface area contributed by atoms with Crippen molar-refractivity contribution in [1.29, 1.82) is 0 Å². The van der Waals surface area contributed by atoms with Gasteiger partial charge in [-0.2, -0.15) is 10.1 Å². The predicted molar refractivity (Wildman–Crippen MR) is 52.4 cm³/mol. The zero-order chi connectivity index (χ0) is 9.97. The first-order valence-corrected chi connectivity index (χ1v) is 4.15. The molecule has 2 aromatic heterocycles. The lowest BCUT2D eigenvalue weighted by atomic mass is 10.3. The van der Waals surface area contributed by atoms with Crippen molar-refractivity contribution in [2.75, 3.05) is 0 Å². The Morgan fingerprint density at radius 1 is 1.64 bits per heavy atom. The normalized spacial score (nSPS) is 11.9. The molecule has 0 aliphatic carbocycles. The Morgan fingerprint density at radius 2 is 2.50 bits per heavy atom. The summed E-state index contributed by atoms with van der Waals surface area (Å²) in [6.07, 6.45) is 4.87. The third kappa shape index (κ3) is 1.52. The summed E-state index contributed by atoms with van der Waals surface area (Å²) in [5, 5.41) is 6.44. The number of aliphatic imine (C=N–C) groups is 1. The third-order valence-electron chi connectivity index (χ3n) is 1.85. The van der Waals surface area contributed by atoms with Crippen molar-refractivity contribution in [3.63, 3.8) is 0 Å². The molecular weight excluding hydrogens is 180 g/mol. The van der Waals surface area contributed by atoms with E-state index in [2.05, 4.69) is 15.2 Å². The standard InChI is InChI=1S/C9H10N4O/c1-6-2-3-14-9(6)13-8(10)7-4-11-12-5-7/h2-5H,1H3,(H2,10,13)(H,11,12). The monoisotopic (exact) mass is 190 g/mol. The summed E-state index contributed by atoms with van der Waals surface area (Å²) in [7, 11) is 0. The van der Waals surface area contributed by atoms with Crippen LogP contribution in [0, 0.1) is 6.92 Å². The topological polar surface area (TPSA) is 80.2 Å². The second kappa shape index (κ2) is 3.37. The number of nitrogens with two attached hydrogens (primary N) is 1. The second-order valence-corrected chi connectivity index (χ2v) is 2.89.